The average molecular weight is 441 g/mol. The van der Waals surface area contributed by atoms with Gasteiger partial charge in [0.05, 0.1) is 10.6 Å². The van der Waals surface area contributed by atoms with Gasteiger partial charge in [-0.1, -0.05) is 48.2 Å². The Labute approximate surface area is 150 Å². The first-order valence-electron chi connectivity index (χ1n) is 6.34. The lowest BCUT2D eigenvalue weighted by Gasteiger charge is -2.15. The second-order valence-electron chi connectivity index (χ2n) is 4.52. The zero-order valence-corrected chi connectivity index (χ0v) is 14.9. The Morgan fingerprint density at radius 2 is 1.95 bits per heavy atom. The van der Waals surface area contributed by atoms with Gasteiger partial charge in [0.1, 0.15) is 5.82 Å². The van der Waals surface area contributed by atoms with Gasteiger partial charge in [-0.05, 0) is 58.5 Å². The predicted molar refractivity (Wildman–Crippen MR) is 101 cm³/mol. The van der Waals surface area contributed by atoms with E-state index in [1.54, 1.807) is 18.2 Å². The molecule has 0 bridgehead atoms. The molecule has 0 saturated carbocycles. The monoisotopic (exact) mass is 441 g/mol. The first kappa shape index (κ1) is 15.6. The fourth-order valence-corrected chi connectivity index (χ4v) is 3.97. The molecule has 1 aliphatic rings. The van der Waals surface area contributed by atoms with Gasteiger partial charge < -0.3 is 0 Å². The van der Waals surface area contributed by atoms with Crippen LogP contribution in [0, 0.1) is 9.39 Å². The molecule has 1 aliphatic heterocycles. The van der Waals surface area contributed by atoms with Crippen molar-refractivity contribution in [2.45, 2.75) is 0 Å². The predicted octanol–water partition coefficient (Wildman–Crippen LogP) is 4.84. The number of benzene rings is 2. The Morgan fingerprint density at radius 1 is 1.18 bits per heavy atom. The van der Waals surface area contributed by atoms with Crippen molar-refractivity contribution in [2.75, 3.05) is 4.90 Å². The van der Waals surface area contributed by atoms with Gasteiger partial charge in [0.25, 0.3) is 5.91 Å². The summed E-state index contributed by atoms with van der Waals surface area (Å²) in [4.78, 5) is 14.6. The minimum Gasteiger partial charge on any atom is -0.268 e. The molecule has 0 aromatic heterocycles. The lowest BCUT2D eigenvalue weighted by molar-refractivity contribution is -0.113. The van der Waals surface area contributed by atoms with Gasteiger partial charge in [-0.2, -0.15) is 0 Å². The van der Waals surface area contributed by atoms with Crippen molar-refractivity contribution in [3.05, 3.63) is 68.4 Å². The molecule has 2 aromatic rings. The number of nitrogens with zero attached hydrogens (tertiary/aromatic N) is 1. The van der Waals surface area contributed by atoms with E-state index in [0.29, 0.717) is 14.8 Å². The second kappa shape index (κ2) is 6.47. The summed E-state index contributed by atoms with van der Waals surface area (Å²) >= 11 is 8.73. The summed E-state index contributed by atoms with van der Waals surface area (Å²) in [5, 5.41) is 0. The third-order valence-electron chi connectivity index (χ3n) is 3.03. The molecule has 1 heterocycles. The number of rotatable bonds is 2. The lowest BCUT2D eigenvalue weighted by Crippen LogP contribution is -2.28. The summed E-state index contributed by atoms with van der Waals surface area (Å²) in [5.41, 5.74) is 1.41. The van der Waals surface area contributed by atoms with E-state index in [2.05, 4.69) is 22.6 Å². The smallest absolute Gasteiger partial charge is 0.268 e. The highest BCUT2D eigenvalue weighted by Gasteiger charge is 2.34. The van der Waals surface area contributed by atoms with Crippen molar-refractivity contribution in [1.82, 2.24) is 0 Å². The number of hydrogen-bond acceptors (Lipinski definition) is 3. The molecule has 0 spiro atoms. The number of hydrogen-bond donors (Lipinski definition) is 0. The van der Waals surface area contributed by atoms with E-state index < -0.39 is 0 Å². The SMILES string of the molecule is O=C1/C(=C/c2cccc(F)c2)SC(=S)N1c1ccccc1I. The largest absolute Gasteiger partial charge is 0.270 e. The van der Waals surface area contributed by atoms with Gasteiger partial charge in [-0.25, -0.2) is 4.39 Å². The molecule has 3 rings (SSSR count). The van der Waals surface area contributed by atoms with Crippen molar-refractivity contribution in [1.29, 1.82) is 0 Å². The zero-order valence-electron chi connectivity index (χ0n) is 11.1. The van der Waals surface area contributed by atoms with E-state index >= 15 is 0 Å². The van der Waals surface area contributed by atoms with Crippen LogP contribution in [0.3, 0.4) is 0 Å². The molecule has 22 heavy (non-hydrogen) atoms. The molecule has 1 fully saturated rings. The number of halogens is 2. The van der Waals surface area contributed by atoms with Crippen LogP contribution in [0.25, 0.3) is 6.08 Å². The molecule has 2 aromatic carbocycles. The number of carbonyl (C=O) groups is 1. The zero-order chi connectivity index (χ0) is 15.7. The molecule has 1 amide bonds. The Morgan fingerprint density at radius 3 is 2.68 bits per heavy atom. The normalized spacial score (nSPS) is 16.6. The van der Waals surface area contributed by atoms with Gasteiger partial charge in [-0.3, -0.25) is 9.69 Å². The maximum Gasteiger partial charge on any atom is 0.270 e. The molecular formula is C16H9FINOS2. The van der Waals surface area contributed by atoms with E-state index in [1.807, 2.05) is 24.3 Å². The summed E-state index contributed by atoms with van der Waals surface area (Å²) in [6.07, 6.45) is 1.66. The van der Waals surface area contributed by atoms with Gasteiger partial charge in [-0.15, -0.1) is 0 Å². The molecule has 1 saturated heterocycles. The summed E-state index contributed by atoms with van der Waals surface area (Å²) in [5.74, 6) is -0.509. The second-order valence-corrected chi connectivity index (χ2v) is 7.36. The molecule has 6 heteroatoms. The molecule has 0 unspecified atom stereocenters. The van der Waals surface area contributed by atoms with E-state index in [4.69, 9.17) is 12.2 Å². The highest BCUT2D eigenvalue weighted by Crippen LogP contribution is 2.37. The lowest BCUT2D eigenvalue weighted by atomic mass is 10.2. The molecule has 0 radical (unpaired) electrons. The third-order valence-corrected chi connectivity index (χ3v) is 5.25. The van der Waals surface area contributed by atoms with Crippen LogP contribution in [0.2, 0.25) is 0 Å². The summed E-state index contributed by atoms with van der Waals surface area (Å²) in [7, 11) is 0. The Hall–Kier alpha value is -1.25. The number of thiocarbonyl (C=S) groups is 1. The minimum atomic E-state index is -0.332. The maximum atomic E-state index is 13.3. The molecule has 110 valence electrons. The van der Waals surface area contributed by atoms with Crippen molar-refractivity contribution in [3.63, 3.8) is 0 Å². The van der Waals surface area contributed by atoms with Crippen LogP contribution in [0.4, 0.5) is 10.1 Å². The molecule has 2 nitrogen and oxygen atoms in total. The first-order valence-corrected chi connectivity index (χ1v) is 8.64. The molecule has 0 aliphatic carbocycles. The number of carbonyl (C=O) groups excluding carboxylic acids is 1. The van der Waals surface area contributed by atoms with Crippen molar-refractivity contribution in [2.24, 2.45) is 0 Å². The van der Waals surface area contributed by atoms with Crippen molar-refractivity contribution < 1.29 is 9.18 Å². The Bertz CT molecular complexity index is 806. The Kier molecular flexibility index (Phi) is 4.60. The topological polar surface area (TPSA) is 20.3 Å². The number of para-hydroxylation sites is 1. The van der Waals surface area contributed by atoms with Crippen LogP contribution in [0.5, 0.6) is 0 Å². The summed E-state index contributed by atoms with van der Waals surface area (Å²) < 4.78 is 14.7. The van der Waals surface area contributed by atoms with Gasteiger partial charge in [0, 0.05) is 3.57 Å². The average Bonchev–Trinajstić information content (AvgIpc) is 2.74. The van der Waals surface area contributed by atoms with Crippen molar-refractivity contribution in [3.8, 4) is 0 Å². The van der Waals surface area contributed by atoms with Gasteiger partial charge in [0.15, 0.2) is 4.32 Å². The van der Waals surface area contributed by atoms with Crippen LogP contribution >= 0.6 is 46.6 Å². The molecular weight excluding hydrogens is 432 g/mol. The van der Waals surface area contributed by atoms with E-state index in [9.17, 15) is 9.18 Å². The third kappa shape index (κ3) is 3.09. The summed E-state index contributed by atoms with van der Waals surface area (Å²) in [6, 6.07) is 13.7. The fraction of sp³-hybridized carbons (Fsp3) is 0. The molecule has 0 atom stereocenters. The maximum absolute atomic E-state index is 13.3. The number of amides is 1. The van der Waals surface area contributed by atoms with Crippen LogP contribution in [-0.4, -0.2) is 10.2 Å². The van der Waals surface area contributed by atoms with Crippen LogP contribution in [-0.2, 0) is 4.79 Å². The summed E-state index contributed by atoms with van der Waals surface area (Å²) in [6.45, 7) is 0. The molecule has 0 N–H and O–H groups in total. The fourth-order valence-electron chi connectivity index (χ4n) is 2.06. The standard InChI is InChI=1S/C16H9FINOS2/c17-11-5-3-4-10(8-11)9-14-15(20)19(16(21)22-14)13-7-2-1-6-12(13)18/h1-9H/b14-9-. The van der Waals surface area contributed by atoms with E-state index in [0.717, 1.165) is 9.26 Å². The van der Waals surface area contributed by atoms with Crippen molar-refractivity contribution >= 4 is 68.6 Å². The van der Waals surface area contributed by atoms with Crippen LogP contribution < -0.4 is 4.90 Å². The van der Waals surface area contributed by atoms with Crippen LogP contribution in [0.1, 0.15) is 5.56 Å². The first-order chi connectivity index (χ1) is 10.6. The van der Waals surface area contributed by atoms with E-state index in [-0.39, 0.29) is 11.7 Å². The Balaban J connectivity index is 1.97. The highest BCUT2D eigenvalue weighted by molar-refractivity contribution is 14.1. The van der Waals surface area contributed by atoms with Crippen LogP contribution in [0.15, 0.2) is 53.4 Å². The highest BCUT2D eigenvalue weighted by atomic mass is 127. The number of thioether (sulfide) groups is 1. The van der Waals surface area contributed by atoms with E-state index in [1.165, 1.54) is 28.8 Å². The van der Waals surface area contributed by atoms with Gasteiger partial charge >= 0.3 is 0 Å². The van der Waals surface area contributed by atoms with Gasteiger partial charge in [0.2, 0.25) is 0 Å². The minimum absolute atomic E-state index is 0.177. The quantitative estimate of drug-likeness (QED) is 0.378. The number of anilines is 1.